The van der Waals surface area contributed by atoms with E-state index in [2.05, 4.69) is 20.5 Å². The Bertz CT molecular complexity index is 1100. The van der Waals surface area contributed by atoms with Gasteiger partial charge in [-0.3, -0.25) is 0 Å². The van der Waals surface area contributed by atoms with Crippen molar-refractivity contribution in [2.45, 2.75) is 36.3 Å². The van der Waals surface area contributed by atoms with Crippen LogP contribution >= 0.6 is 11.8 Å². The number of pyridine rings is 1. The molecule has 1 aliphatic heterocycles. The van der Waals surface area contributed by atoms with Gasteiger partial charge >= 0.3 is 6.18 Å². The monoisotopic (exact) mass is 450 g/mol. The van der Waals surface area contributed by atoms with Crippen LogP contribution in [0.3, 0.4) is 0 Å². The number of benzene rings is 1. The molecular weight excluding hydrogens is 429 g/mol. The SMILES string of the molecule is CNc1cc(C(C)Sc2nncn2C)cc(N2Cc3c(cccc3C(F)(F)F)C2O)n1. The maximum atomic E-state index is 13.5. The van der Waals surface area contributed by atoms with Crippen LogP contribution in [-0.4, -0.2) is 31.9 Å². The minimum Gasteiger partial charge on any atom is -0.373 e. The summed E-state index contributed by atoms with van der Waals surface area (Å²) in [5, 5.41) is 22.4. The minimum absolute atomic E-state index is 0.0374. The summed E-state index contributed by atoms with van der Waals surface area (Å²) in [5.41, 5.74) is 0.473. The molecule has 31 heavy (non-hydrogen) atoms. The van der Waals surface area contributed by atoms with Gasteiger partial charge < -0.3 is 19.9 Å². The van der Waals surface area contributed by atoms with Crippen LogP contribution in [0.25, 0.3) is 0 Å². The Morgan fingerprint density at radius 3 is 2.71 bits per heavy atom. The van der Waals surface area contributed by atoms with Gasteiger partial charge in [-0.2, -0.15) is 13.2 Å². The minimum atomic E-state index is -4.49. The molecule has 0 spiro atoms. The van der Waals surface area contributed by atoms with E-state index in [0.29, 0.717) is 11.6 Å². The molecule has 3 aromatic rings. The number of anilines is 2. The molecule has 4 rings (SSSR count). The molecule has 0 saturated heterocycles. The number of aryl methyl sites for hydroxylation is 1. The normalized spacial score (nSPS) is 17.0. The lowest BCUT2D eigenvalue weighted by molar-refractivity contribution is -0.138. The first-order chi connectivity index (χ1) is 14.7. The molecule has 2 N–H and O–H groups in total. The number of fused-ring (bicyclic) bond motifs is 1. The van der Waals surface area contributed by atoms with Gasteiger partial charge in [0.2, 0.25) is 0 Å². The Labute approximate surface area is 181 Å². The lowest BCUT2D eigenvalue weighted by atomic mass is 10.0. The van der Waals surface area contributed by atoms with Crippen molar-refractivity contribution in [3.63, 3.8) is 0 Å². The van der Waals surface area contributed by atoms with E-state index in [1.54, 1.807) is 19.4 Å². The fourth-order valence-electron chi connectivity index (χ4n) is 3.57. The summed E-state index contributed by atoms with van der Waals surface area (Å²) in [5.74, 6) is 0.946. The third kappa shape index (κ3) is 4.07. The molecule has 0 amide bonds. The summed E-state index contributed by atoms with van der Waals surface area (Å²) < 4.78 is 42.2. The van der Waals surface area contributed by atoms with Gasteiger partial charge in [-0.05, 0) is 36.2 Å². The van der Waals surface area contributed by atoms with Crippen molar-refractivity contribution >= 4 is 23.4 Å². The van der Waals surface area contributed by atoms with Crippen molar-refractivity contribution < 1.29 is 18.3 Å². The highest BCUT2D eigenvalue weighted by Crippen LogP contribution is 2.43. The largest absolute Gasteiger partial charge is 0.416 e. The molecule has 0 saturated carbocycles. The molecule has 164 valence electrons. The van der Waals surface area contributed by atoms with E-state index < -0.39 is 18.0 Å². The van der Waals surface area contributed by atoms with E-state index in [1.165, 1.54) is 28.8 Å². The smallest absolute Gasteiger partial charge is 0.373 e. The van der Waals surface area contributed by atoms with Crippen LogP contribution in [0.4, 0.5) is 24.8 Å². The molecule has 2 unspecified atom stereocenters. The lowest BCUT2D eigenvalue weighted by Crippen LogP contribution is -2.22. The van der Waals surface area contributed by atoms with Crippen molar-refractivity contribution in [3.05, 3.63) is 58.9 Å². The average Bonchev–Trinajstić information content (AvgIpc) is 3.29. The summed E-state index contributed by atoms with van der Waals surface area (Å²) in [6, 6.07) is 7.53. The number of alkyl halides is 3. The summed E-state index contributed by atoms with van der Waals surface area (Å²) in [7, 11) is 3.56. The predicted octanol–water partition coefficient (Wildman–Crippen LogP) is 4.14. The molecule has 1 aliphatic rings. The number of aliphatic hydroxyl groups excluding tert-OH is 1. The number of hydrogen-bond donors (Lipinski definition) is 2. The molecule has 0 fully saturated rings. The van der Waals surface area contributed by atoms with Gasteiger partial charge in [-0.1, -0.05) is 23.9 Å². The zero-order valence-electron chi connectivity index (χ0n) is 17.1. The van der Waals surface area contributed by atoms with Gasteiger partial charge in [0.25, 0.3) is 0 Å². The third-order valence-electron chi connectivity index (χ3n) is 5.23. The van der Waals surface area contributed by atoms with Gasteiger partial charge in [0.05, 0.1) is 5.56 Å². The van der Waals surface area contributed by atoms with Crippen LogP contribution in [0.1, 0.15) is 40.7 Å². The zero-order chi connectivity index (χ0) is 22.3. The van der Waals surface area contributed by atoms with Gasteiger partial charge in [-0.15, -0.1) is 10.2 Å². The number of rotatable bonds is 5. The van der Waals surface area contributed by atoms with E-state index >= 15 is 0 Å². The first kappa shape index (κ1) is 21.4. The fourth-order valence-corrected chi connectivity index (χ4v) is 4.47. The molecule has 0 bridgehead atoms. The van der Waals surface area contributed by atoms with Gasteiger partial charge in [0, 0.05) is 31.5 Å². The highest BCUT2D eigenvalue weighted by molar-refractivity contribution is 7.99. The molecule has 0 aliphatic carbocycles. The Morgan fingerprint density at radius 1 is 1.29 bits per heavy atom. The Balaban J connectivity index is 1.68. The maximum absolute atomic E-state index is 13.5. The van der Waals surface area contributed by atoms with Crippen LogP contribution < -0.4 is 10.2 Å². The number of hydrogen-bond acceptors (Lipinski definition) is 7. The van der Waals surface area contributed by atoms with E-state index in [-0.39, 0.29) is 22.9 Å². The molecular formula is C20H21F3N6OS. The highest BCUT2D eigenvalue weighted by atomic mass is 32.2. The summed E-state index contributed by atoms with van der Waals surface area (Å²) in [4.78, 5) is 5.96. The first-order valence-corrected chi connectivity index (χ1v) is 10.4. The van der Waals surface area contributed by atoms with E-state index in [4.69, 9.17) is 0 Å². The van der Waals surface area contributed by atoms with Crippen LogP contribution in [0.15, 0.2) is 41.8 Å². The van der Waals surface area contributed by atoms with E-state index in [9.17, 15) is 18.3 Å². The van der Waals surface area contributed by atoms with Gasteiger partial charge in [-0.25, -0.2) is 4.98 Å². The standard InChI is InChI=1S/C20H21F3N6OS/c1-11(31-19-27-25-10-28(19)3)12-7-16(24-2)26-17(8-12)29-9-14-13(18(29)30)5-4-6-15(14)20(21,22)23/h4-8,10-11,18,30H,9H2,1-3H3,(H,24,26). The second-order valence-corrected chi connectivity index (χ2v) is 8.56. The number of aromatic nitrogens is 4. The Hall–Kier alpha value is -2.79. The number of halogens is 3. The number of nitrogens with zero attached hydrogens (tertiary/aromatic N) is 5. The van der Waals surface area contributed by atoms with Crippen LogP contribution in [0, 0.1) is 0 Å². The van der Waals surface area contributed by atoms with E-state index in [1.807, 2.05) is 24.6 Å². The number of thioether (sulfide) groups is 1. The first-order valence-electron chi connectivity index (χ1n) is 9.53. The molecule has 1 aromatic carbocycles. The maximum Gasteiger partial charge on any atom is 0.416 e. The molecule has 2 atom stereocenters. The van der Waals surface area contributed by atoms with Crippen LogP contribution in [0.5, 0.6) is 0 Å². The summed E-state index contributed by atoms with van der Waals surface area (Å²) in [6.45, 7) is 1.91. The summed E-state index contributed by atoms with van der Waals surface area (Å²) in [6.07, 6.45) is -4.10. The fraction of sp³-hybridized carbons (Fsp3) is 0.350. The topological polar surface area (TPSA) is 79.1 Å². The van der Waals surface area contributed by atoms with Crippen molar-refractivity contribution in [3.8, 4) is 0 Å². The number of nitrogens with one attached hydrogen (secondary N) is 1. The second kappa shape index (κ2) is 8.04. The zero-order valence-corrected chi connectivity index (χ0v) is 17.9. The van der Waals surface area contributed by atoms with E-state index in [0.717, 1.165) is 16.8 Å². The van der Waals surface area contributed by atoms with Gasteiger partial charge in [0.15, 0.2) is 11.4 Å². The quantitative estimate of drug-likeness (QED) is 0.566. The van der Waals surface area contributed by atoms with Crippen molar-refractivity contribution in [1.29, 1.82) is 0 Å². The second-order valence-electron chi connectivity index (χ2n) is 7.25. The lowest BCUT2D eigenvalue weighted by Gasteiger charge is -2.24. The van der Waals surface area contributed by atoms with Gasteiger partial charge in [0.1, 0.15) is 18.0 Å². The van der Waals surface area contributed by atoms with Crippen molar-refractivity contribution in [2.75, 3.05) is 17.3 Å². The van der Waals surface area contributed by atoms with Crippen molar-refractivity contribution in [1.82, 2.24) is 19.7 Å². The van der Waals surface area contributed by atoms with Crippen LogP contribution in [-0.2, 0) is 19.8 Å². The molecule has 2 aromatic heterocycles. The average molecular weight is 450 g/mol. The summed E-state index contributed by atoms with van der Waals surface area (Å²) >= 11 is 1.50. The predicted molar refractivity (Wildman–Crippen MR) is 112 cm³/mol. The Morgan fingerprint density at radius 2 is 2.06 bits per heavy atom. The number of aliphatic hydroxyl groups is 1. The highest BCUT2D eigenvalue weighted by Gasteiger charge is 2.40. The molecule has 11 heteroatoms. The van der Waals surface area contributed by atoms with Crippen LogP contribution in [0.2, 0.25) is 0 Å². The molecule has 7 nitrogen and oxygen atoms in total. The van der Waals surface area contributed by atoms with Crippen molar-refractivity contribution in [2.24, 2.45) is 7.05 Å². The molecule has 0 radical (unpaired) electrons. The molecule has 3 heterocycles. The third-order valence-corrected chi connectivity index (χ3v) is 6.43. The Kier molecular flexibility index (Phi) is 5.56.